The zero-order chi connectivity index (χ0) is 24.0. The Hall–Kier alpha value is -4.18. The van der Waals surface area contributed by atoms with Gasteiger partial charge in [0.25, 0.3) is 0 Å². The molecular formula is C25H22N4O5S. The molecule has 0 aliphatic carbocycles. The van der Waals surface area contributed by atoms with Gasteiger partial charge >= 0.3 is 0 Å². The predicted molar refractivity (Wildman–Crippen MR) is 131 cm³/mol. The fourth-order valence-corrected chi connectivity index (χ4v) is 4.22. The number of methoxy groups -OCH3 is 1. The number of hydrogen-bond acceptors (Lipinski definition) is 8. The van der Waals surface area contributed by atoms with E-state index in [1.54, 1.807) is 25.3 Å². The maximum Gasteiger partial charge on any atom is 0.234 e. The Kier molecular flexibility index (Phi) is 6.71. The average molecular weight is 491 g/mol. The molecule has 5 rings (SSSR count). The van der Waals surface area contributed by atoms with E-state index in [4.69, 9.17) is 18.9 Å². The van der Waals surface area contributed by atoms with Gasteiger partial charge in [-0.3, -0.25) is 9.36 Å². The molecule has 0 saturated carbocycles. The Morgan fingerprint density at radius 1 is 1.00 bits per heavy atom. The van der Waals surface area contributed by atoms with Crippen molar-refractivity contribution in [2.24, 2.45) is 0 Å². The summed E-state index contributed by atoms with van der Waals surface area (Å²) in [5, 5.41) is 12.1. The number of carbonyl (C=O) groups is 1. The van der Waals surface area contributed by atoms with E-state index < -0.39 is 0 Å². The summed E-state index contributed by atoms with van der Waals surface area (Å²) in [6, 6.07) is 22.3. The molecular weight excluding hydrogens is 468 g/mol. The van der Waals surface area contributed by atoms with Crippen molar-refractivity contribution < 1.29 is 23.7 Å². The smallest absolute Gasteiger partial charge is 0.234 e. The van der Waals surface area contributed by atoms with Crippen molar-refractivity contribution in [2.75, 3.05) is 25.0 Å². The normalized spacial score (nSPS) is 11.8. The predicted octanol–water partition coefficient (Wildman–Crippen LogP) is 4.31. The van der Waals surface area contributed by atoms with Crippen LogP contribution in [0.3, 0.4) is 0 Å². The van der Waals surface area contributed by atoms with Crippen molar-refractivity contribution in [2.45, 2.75) is 11.8 Å². The van der Waals surface area contributed by atoms with Crippen LogP contribution in [0.25, 0.3) is 5.69 Å². The molecule has 35 heavy (non-hydrogen) atoms. The fraction of sp³-hybridized carbons (Fsp3) is 0.160. The molecule has 0 saturated heterocycles. The minimum Gasteiger partial charge on any atom is -0.497 e. The Balaban J connectivity index is 1.28. The molecule has 0 radical (unpaired) electrons. The van der Waals surface area contributed by atoms with Crippen molar-refractivity contribution in [3.05, 3.63) is 78.6 Å². The lowest BCUT2D eigenvalue weighted by Crippen LogP contribution is -2.14. The first-order valence-corrected chi connectivity index (χ1v) is 11.8. The zero-order valence-electron chi connectivity index (χ0n) is 18.8. The van der Waals surface area contributed by atoms with Gasteiger partial charge in [-0.25, -0.2) is 0 Å². The molecule has 1 aliphatic rings. The molecule has 3 aromatic carbocycles. The number of para-hydroxylation sites is 1. The van der Waals surface area contributed by atoms with Gasteiger partial charge in [0, 0.05) is 17.4 Å². The number of nitrogens with one attached hydrogen (secondary N) is 1. The number of carbonyl (C=O) groups excluding carboxylic acids is 1. The van der Waals surface area contributed by atoms with Gasteiger partial charge in [0.05, 0.1) is 12.9 Å². The van der Waals surface area contributed by atoms with Crippen LogP contribution >= 0.6 is 11.8 Å². The highest BCUT2D eigenvalue weighted by Crippen LogP contribution is 2.34. The lowest BCUT2D eigenvalue weighted by Gasteiger charge is -2.11. The largest absolute Gasteiger partial charge is 0.497 e. The van der Waals surface area contributed by atoms with E-state index in [1.165, 1.54) is 11.8 Å². The topological polar surface area (TPSA) is 96.7 Å². The summed E-state index contributed by atoms with van der Waals surface area (Å²) in [6.07, 6.45) is 0. The van der Waals surface area contributed by atoms with Gasteiger partial charge in [0.2, 0.25) is 12.7 Å². The summed E-state index contributed by atoms with van der Waals surface area (Å²) in [7, 11) is 1.62. The highest BCUT2D eigenvalue weighted by atomic mass is 32.2. The van der Waals surface area contributed by atoms with Crippen molar-refractivity contribution in [3.8, 4) is 28.7 Å². The molecule has 4 aromatic rings. The third-order valence-corrected chi connectivity index (χ3v) is 6.06. The summed E-state index contributed by atoms with van der Waals surface area (Å²) < 4.78 is 23.7. The Morgan fingerprint density at radius 2 is 1.77 bits per heavy atom. The van der Waals surface area contributed by atoms with Crippen LogP contribution < -0.4 is 24.3 Å². The number of thioether (sulfide) groups is 1. The SMILES string of the molecule is COc1ccc(OCc2nnc(SCC(=O)Nc3ccc4c(c3)OCO4)n2-c2ccccc2)cc1. The Bertz CT molecular complexity index is 1310. The quantitative estimate of drug-likeness (QED) is 0.347. The van der Waals surface area contributed by atoms with Crippen LogP contribution in [0.2, 0.25) is 0 Å². The molecule has 1 amide bonds. The molecule has 0 spiro atoms. The third kappa shape index (κ3) is 5.33. The number of hydrogen-bond donors (Lipinski definition) is 1. The first-order chi connectivity index (χ1) is 17.2. The molecule has 9 nitrogen and oxygen atoms in total. The van der Waals surface area contributed by atoms with Crippen LogP contribution in [0.4, 0.5) is 5.69 Å². The lowest BCUT2D eigenvalue weighted by atomic mass is 10.3. The first-order valence-electron chi connectivity index (χ1n) is 10.8. The number of anilines is 1. The molecule has 178 valence electrons. The number of ether oxygens (including phenoxy) is 4. The maximum absolute atomic E-state index is 12.6. The molecule has 0 bridgehead atoms. The van der Waals surface area contributed by atoms with Gasteiger partial charge < -0.3 is 24.3 Å². The average Bonchev–Trinajstić information content (AvgIpc) is 3.53. The van der Waals surface area contributed by atoms with E-state index in [0.29, 0.717) is 33.9 Å². The van der Waals surface area contributed by atoms with E-state index in [-0.39, 0.29) is 25.1 Å². The van der Waals surface area contributed by atoms with Gasteiger partial charge in [-0.15, -0.1) is 10.2 Å². The van der Waals surface area contributed by atoms with Crippen molar-refractivity contribution in [3.63, 3.8) is 0 Å². The van der Waals surface area contributed by atoms with Gasteiger partial charge in [0.15, 0.2) is 22.5 Å². The summed E-state index contributed by atoms with van der Waals surface area (Å²) in [5.74, 6) is 3.31. The number of rotatable bonds is 9. The second-order valence-electron chi connectivity index (χ2n) is 7.44. The van der Waals surface area contributed by atoms with Crippen LogP contribution in [0.15, 0.2) is 78.0 Å². The molecule has 10 heteroatoms. The number of amides is 1. The highest BCUT2D eigenvalue weighted by Gasteiger charge is 2.18. The van der Waals surface area contributed by atoms with Crippen LogP contribution in [0.5, 0.6) is 23.0 Å². The molecule has 1 N–H and O–H groups in total. The number of nitrogens with zero attached hydrogens (tertiary/aromatic N) is 3. The molecule has 0 atom stereocenters. The molecule has 0 unspecified atom stereocenters. The highest BCUT2D eigenvalue weighted by molar-refractivity contribution is 7.99. The summed E-state index contributed by atoms with van der Waals surface area (Å²) >= 11 is 1.29. The number of benzene rings is 3. The van der Waals surface area contributed by atoms with Crippen molar-refractivity contribution >= 4 is 23.4 Å². The summed E-state index contributed by atoms with van der Waals surface area (Å²) in [4.78, 5) is 12.6. The molecule has 0 fully saturated rings. The van der Waals surface area contributed by atoms with Gasteiger partial charge in [-0.2, -0.15) is 0 Å². The molecule has 1 aromatic heterocycles. The number of aromatic nitrogens is 3. The van der Waals surface area contributed by atoms with Gasteiger partial charge in [-0.05, 0) is 48.5 Å². The maximum atomic E-state index is 12.6. The Morgan fingerprint density at radius 3 is 2.57 bits per heavy atom. The second kappa shape index (κ2) is 10.4. The minimum absolute atomic E-state index is 0.152. The molecule has 1 aliphatic heterocycles. The number of fused-ring (bicyclic) bond motifs is 1. The van der Waals surface area contributed by atoms with Crippen molar-refractivity contribution in [1.82, 2.24) is 14.8 Å². The molecule has 2 heterocycles. The summed E-state index contributed by atoms with van der Waals surface area (Å²) in [6.45, 7) is 0.389. The van der Waals surface area contributed by atoms with Gasteiger partial charge in [0.1, 0.15) is 18.1 Å². The van der Waals surface area contributed by atoms with E-state index in [1.807, 2.05) is 59.2 Å². The van der Waals surface area contributed by atoms with Gasteiger partial charge in [-0.1, -0.05) is 30.0 Å². The fourth-order valence-electron chi connectivity index (χ4n) is 3.44. The lowest BCUT2D eigenvalue weighted by molar-refractivity contribution is -0.113. The monoisotopic (exact) mass is 490 g/mol. The second-order valence-corrected chi connectivity index (χ2v) is 8.38. The van der Waals surface area contributed by atoms with E-state index in [2.05, 4.69) is 15.5 Å². The van der Waals surface area contributed by atoms with Crippen LogP contribution in [0.1, 0.15) is 5.82 Å². The van der Waals surface area contributed by atoms with Crippen LogP contribution in [-0.2, 0) is 11.4 Å². The summed E-state index contributed by atoms with van der Waals surface area (Å²) in [5.41, 5.74) is 1.52. The van der Waals surface area contributed by atoms with E-state index in [9.17, 15) is 4.79 Å². The van der Waals surface area contributed by atoms with E-state index >= 15 is 0 Å². The first kappa shape index (κ1) is 22.6. The standard InChI is InChI=1S/C25H22N4O5S/c1-31-19-8-10-20(11-9-19)32-14-23-27-28-25(29(23)18-5-3-2-4-6-18)35-15-24(30)26-17-7-12-21-22(13-17)34-16-33-21/h2-13H,14-16H2,1H3,(H,26,30). The van der Waals surface area contributed by atoms with E-state index in [0.717, 1.165) is 11.4 Å². The van der Waals surface area contributed by atoms with Crippen LogP contribution in [0, 0.1) is 0 Å². The third-order valence-electron chi connectivity index (χ3n) is 5.13. The zero-order valence-corrected chi connectivity index (χ0v) is 19.7. The Labute approximate surface area is 206 Å². The van der Waals surface area contributed by atoms with Crippen molar-refractivity contribution in [1.29, 1.82) is 0 Å². The minimum atomic E-state index is -0.174. The van der Waals surface area contributed by atoms with Crippen LogP contribution in [-0.4, -0.2) is 40.3 Å².